The van der Waals surface area contributed by atoms with E-state index in [0.717, 1.165) is 25.7 Å². The van der Waals surface area contributed by atoms with E-state index in [9.17, 15) is 9.59 Å². The Balaban J connectivity index is 1.52. The van der Waals surface area contributed by atoms with Crippen molar-refractivity contribution in [3.05, 3.63) is 0 Å². The fourth-order valence-corrected chi connectivity index (χ4v) is 3.71. The van der Waals surface area contributed by atoms with Crippen LogP contribution < -0.4 is 10.6 Å². The Labute approximate surface area is 150 Å². The van der Waals surface area contributed by atoms with Gasteiger partial charge in [-0.15, -0.1) is 0 Å². The van der Waals surface area contributed by atoms with Gasteiger partial charge in [0, 0.05) is 18.6 Å². The third-order valence-corrected chi connectivity index (χ3v) is 5.25. The molecule has 2 aliphatic carbocycles. The lowest BCUT2D eigenvalue weighted by atomic mass is 9.85. The zero-order valence-electron chi connectivity index (χ0n) is 15.3. The monoisotopic (exact) mass is 355 g/mol. The highest BCUT2D eigenvalue weighted by atomic mass is 16.5. The minimum absolute atomic E-state index is 0.0680. The van der Waals surface area contributed by atoms with E-state index in [0.29, 0.717) is 25.8 Å². The van der Waals surface area contributed by atoms with Gasteiger partial charge in [0.2, 0.25) is 0 Å². The van der Waals surface area contributed by atoms with Crippen LogP contribution in [0.2, 0.25) is 0 Å². The molecule has 2 fully saturated rings. The summed E-state index contributed by atoms with van der Waals surface area (Å²) in [6.07, 6.45) is 9.38. The molecule has 3 N–H and O–H groups in total. The number of carboxylic acids is 1. The third kappa shape index (κ3) is 7.20. The Morgan fingerprint density at radius 3 is 2.44 bits per heavy atom. The molecule has 2 saturated carbocycles. The van der Waals surface area contributed by atoms with E-state index in [-0.39, 0.29) is 24.7 Å². The Hall–Kier alpha value is -1.34. The van der Waals surface area contributed by atoms with Crippen molar-refractivity contribution in [3.63, 3.8) is 0 Å². The molecule has 0 aromatic rings. The van der Waals surface area contributed by atoms with E-state index in [1.54, 1.807) is 0 Å². The number of rotatable bonds is 9. The Morgan fingerprint density at radius 1 is 1.16 bits per heavy atom. The van der Waals surface area contributed by atoms with Crippen LogP contribution in [0.5, 0.6) is 0 Å². The van der Waals surface area contributed by atoms with Crippen molar-refractivity contribution >= 4 is 12.0 Å². The van der Waals surface area contributed by atoms with E-state index >= 15 is 0 Å². The van der Waals surface area contributed by atoms with Crippen molar-refractivity contribution in [2.75, 3.05) is 26.2 Å². The number of carboxylic acid groups (broad SMARTS) is 1. The van der Waals surface area contributed by atoms with Crippen molar-refractivity contribution in [3.8, 4) is 0 Å². The van der Waals surface area contributed by atoms with Crippen LogP contribution in [0.1, 0.15) is 58.3 Å². The molecule has 0 spiro atoms. The van der Waals surface area contributed by atoms with Crippen LogP contribution in [-0.4, -0.2) is 66.4 Å². The van der Waals surface area contributed by atoms with Gasteiger partial charge in [-0.2, -0.15) is 0 Å². The average Bonchev–Trinajstić information content (AvgIpc) is 2.81. The van der Waals surface area contributed by atoms with Crippen LogP contribution in [0.25, 0.3) is 0 Å². The van der Waals surface area contributed by atoms with Gasteiger partial charge < -0.3 is 20.5 Å². The molecular weight excluding hydrogens is 322 g/mol. The minimum atomic E-state index is -0.801. The fraction of sp³-hybridized carbons (Fsp3) is 0.889. The van der Waals surface area contributed by atoms with E-state index in [4.69, 9.17) is 9.84 Å². The Bertz CT molecular complexity index is 419. The number of carbonyl (C=O) groups excluding carboxylic acids is 1. The summed E-state index contributed by atoms with van der Waals surface area (Å²) < 4.78 is 5.85. The molecule has 0 bridgehead atoms. The summed E-state index contributed by atoms with van der Waals surface area (Å²) in [4.78, 5) is 24.7. The first kappa shape index (κ1) is 20.0. The number of amides is 2. The van der Waals surface area contributed by atoms with Gasteiger partial charge in [0.1, 0.15) is 0 Å². The second-order valence-electron chi connectivity index (χ2n) is 7.16. The van der Waals surface area contributed by atoms with Crippen LogP contribution in [0.3, 0.4) is 0 Å². The quantitative estimate of drug-likeness (QED) is 0.434. The standard InChI is InChI=1S/C18H33N3O4/c1-2-21(13-17(22)23)15-11-14(12-15)20-18(24)19-9-10-25-16-7-5-3-4-6-8-16/h14-16H,2-13H2,1H3,(H,22,23)(H2,19,20,24). The number of nitrogens with one attached hydrogen (secondary N) is 2. The number of ether oxygens (including phenoxy) is 1. The molecule has 0 aromatic heterocycles. The van der Waals surface area contributed by atoms with Crippen molar-refractivity contribution in [2.24, 2.45) is 0 Å². The molecule has 2 amide bonds. The number of hydrogen-bond acceptors (Lipinski definition) is 4. The minimum Gasteiger partial charge on any atom is -0.480 e. The topological polar surface area (TPSA) is 90.9 Å². The molecule has 0 aliphatic heterocycles. The molecule has 2 rings (SSSR count). The number of urea groups is 1. The SMILES string of the molecule is CCN(CC(=O)O)C1CC(NC(=O)NCCOC2CCCCCC2)C1. The predicted octanol–water partition coefficient (Wildman–Crippen LogP) is 1.96. The van der Waals surface area contributed by atoms with Gasteiger partial charge in [-0.1, -0.05) is 32.6 Å². The summed E-state index contributed by atoms with van der Waals surface area (Å²) >= 11 is 0. The molecule has 7 nitrogen and oxygen atoms in total. The van der Waals surface area contributed by atoms with Crippen LogP contribution in [0.4, 0.5) is 4.79 Å². The van der Waals surface area contributed by atoms with Crippen LogP contribution >= 0.6 is 0 Å². The van der Waals surface area contributed by atoms with Crippen LogP contribution in [-0.2, 0) is 9.53 Å². The maximum atomic E-state index is 11.9. The number of nitrogens with zero attached hydrogens (tertiary/aromatic N) is 1. The zero-order valence-corrected chi connectivity index (χ0v) is 15.3. The van der Waals surface area contributed by atoms with E-state index in [2.05, 4.69) is 10.6 Å². The summed E-state index contributed by atoms with van der Waals surface area (Å²) in [5.41, 5.74) is 0. The third-order valence-electron chi connectivity index (χ3n) is 5.25. The highest BCUT2D eigenvalue weighted by Gasteiger charge is 2.34. The van der Waals surface area contributed by atoms with E-state index in [1.165, 1.54) is 25.7 Å². The van der Waals surface area contributed by atoms with Gasteiger partial charge in [0.05, 0.1) is 19.3 Å². The average molecular weight is 355 g/mol. The second-order valence-corrected chi connectivity index (χ2v) is 7.16. The first-order chi connectivity index (χ1) is 12.1. The Kier molecular flexibility index (Phi) is 8.48. The smallest absolute Gasteiger partial charge is 0.317 e. The van der Waals surface area contributed by atoms with Crippen LogP contribution in [0, 0.1) is 0 Å². The highest BCUT2D eigenvalue weighted by Crippen LogP contribution is 2.25. The molecule has 7 heteroatoms. The molecule has 25 heavy (non-hydrogen) atoms. The summed E-state index contributed by atoms with van der Waals surface area (Å²) in [6, 6.07) is 0.231. The Morgan fingerprint density at radius 2 is 1.84 bits per heavy atom. The molecule has 0 radical (unpaired) electrons. The number of likely N-dealkylation sites (N-methyl/N-ethyl adjacent to an activating group) is 1. The van der Waals surface area contributed by atoms with Gasteiger partial charge in [-0.3, -0.25) is 9.69 Å². The first-order valence-corrected chi connectivity index (χ1v) is 9.70. The molecule has 0 heterocycles. The van der Waals surface area contributed by atoms with Crippen molar-refractivity contribution in [1.82, 2.24) is 15.5 Å². The molecule has 0 aromatic carbocycles. The van der Waals surface area contributed by atoms with Gasteiger partial charge in [-0.25, -0.2) is 4.79 Å². The van der Waals surface area contributed by atoms with Crippen LogP contribution in [0.15, 0.2) is 0 Å². The zero-order chi connectivity index (χ0) is 18.1. The molecule has 0 saturated heterocycles. The molecular formula is C18H33N3O4. The molecule has 144 valence electrons. The lowest BCUT2D eigenvalue weighted by molar-refractivity contribution is -0.139. The van der Waals surface area contributed by atoms with Gasteiger partial charge in [-0.05, 0) is 32.2 Å². The van der Waals surface area contributed by atoms with E-state index in [1.807, 2.05) is 11.8 Å². The maximum absolute atomic E-state index is 11.9. The summed E-state index contributed by atoms with van der Waals surface area (Å²) in [5, 5.41) is 14.7. The van der Waals surface area contributed by atoms with Gasteiger partial charge in [0.25, 0.3) is 0 Å². The molecule has 0 unspecified atom stereocenters. The fourth-order valence-electron chi connectivity index (χ4n) is 3.71. The highest BCUT2D eigenvalue weighted by molar-refractivity contribution is 5.74. The maximum Gasteiger partial charge on any atom is 0.317 e. The lowest BCUT2D eigenvalue weighted by Crippen LogP contribution is -2.56. The number of hydrogen-bond donors (Lipinski definition) is 3. The largest absolute Gasteiger partial charge is 0.480 e. The first-order valence-electron chi connectivity index (χ1n) is 9.70. The predicted molar refractivity (Wildman–Crippen MR) is 95.7 cm³/mol. The molecule has 2 aliphatic rings. The lowest BCUT2D eigenvalue weighted by Gasteiger charge is -2.42. The molecule has 0 atom stereocenters. The summed E-state index contributed by atoms with van der Waals surface area (Å²) in [7, 11) is 0. The number of carbonyl (C=O) groups is 2. The second kappa shape index (κ2) is 10.6. The van der Waals surface area contributed by atoms with Crippen molar-refractivity contribution < 1.29 is 19.4 Å². The van der Waals surface area contributed by atoms with Crippen molar-refractivity contribution in [1.29, 1.82) is 0 Å². The van der Waals surface area contributed by atoms with Gasteiger partial charge >= 0.3 is 12.0 Å². The van der Waals surface area contributed by atoms with E-state index < -0.39 is 5.97 Å². The van der Waals surface area contributed by atoms with Gasteiger partial charge in [0.15, 0.2) is 0 Å². The summed E-state index contributed by atoms with van der Waals surface area (Å²) in [6.45, 7) is 3.84. The number of aliphatic carboxylic acids is 1. The normalized spacial score (nSPS) is 24.4. The van der Waals surface area contributed by atoms with Crippen molar-refractivity contribution in [2.45, 2.75) is 76.5 Å². The summed E-state index contributed by atoms with van der Waals surface area (Å²) in [5.74, 6) is -0.801.